The van der Waals surface area contributed by atoms with Gasteiger partial charge in [0, 0.05) is 42.6 Å². The van der Waals surface area contributed by atoms with Crippen LogP contribution >= 0.6 is 11.3 Å². The summed E-state index contributed by atoms with van der Waals surface area (Å²) in [5, 5.41) is 20.7. The van der Waals surface area contributed by atoms with Crippen LogP contribution in [0.25, 0.3) is 151 Å². The van der Waals surface area contributed by atoms with Crippen molar-refractivity contribution in [3.63, 3.8) is 0 Å². The van der Waals surface area contributed by atoms with Crippen LogP contribution in [0.15, 0.2) is 279 Å². The molecular formula is C78H49NS. The molecule has 1 nitrogen and oxygen atoms in total. The Hall–Kier alpha value is -9.86. The molecule has 0 fully saturated rings. The number of benzene rings is 14. The molecule has 0 bridgehead atoms. The zero-order valence-corrected chi connectivity index (χ0v) is 44.5. The van der Waals surface area contributed by atoms with E-state index >= 15 is 0 Å². The lowest BCUT2D eigenvalue weighted by molar-refractivity contribution is 0.870. The number of hydrogen-bond donors (Lipinski definition) is 0. The van der Waals surface area contributed by atoms with Gasteiger partial charge in [-0.1, -0.05) is 224 Å². The van der Waals surface area contributed by atoms with Gasteiger partial charge in [-0.15, -0.1) is 11.3 Å². The van der Waals surface area contributed by atoms with E-state index in [4.69, 9.17) is 0 Å². The molecule has 17 rings (SSSR count). The predicted octanol–water partition coefficient (Wildman–Crippen LogP) is 22.2. The second kappa shape index (κ2) is 17.8. The van der Waals surface area contributed by atoms with E-state index in [2.05, 4.69) is 284 Å². The molecule has 80 heavy (non-hydrogen) atoms. The fraction of sp³-hybridized carbons (Fsp3) is 0.0256. The third kappa shape index (κ3) is 7.02. The lowest BCUT2D eigenvalue weighted by Crippen LogP contribution is -2.01. The average molecular weight is 1030 g/mol. The number of nitrogens with zero attached hydrogens (tertiary/aromatic N) is 1. The van der Waals surface area contributed by atoms with E-state index < -0.39 is 0 Å². The molecule has 0 aliphatic heterocycles. The number of thiophene rings is 1. The van der Waals surface area contributed by atoms with E-state index in [1.54, 1.807) is 0 Å². The third-order valence-corrected chi connectivity index (χ3v) is 18.7. The lowest BCUT2D eigenvalue weighted by atomic mass is 9.83. The van der Waals surface area contributed by atoms with Crippen LogP contribution in [0, 0.1) is 0 Å². The summed E-state index contributed by atoms with van der Waals surface area (Å²) in [5.41, 5.74) is 14.8. The van der Waals surface area contributed by atoms with Crippen molar-refractivity contribution in [1.29, 1.82) is 0 Å². The Bertz CT molecular complexity index is 5320. The van der Waals surface area contributed by atoms with E-state index in [1.165, 1.54) is 157 Å². The predicted molar refractivity (Wildman–Crippen MR) is 346 cm³/mol. The Labute approximate surface area is 466 Å². The summed E-state index contributed by atoms with van der Waals surface area (Å²) in [6, 6.07) is 97.8. The van der Waals surface area contributed by atoms with Gasteiger partial charge >= 0.3 is 0 Å². The average Bonchev–Trinajstić information content (AvgIpc) is 4.26. The molecule has 0 radical (unpaired) electrons. The van der Waals surface area contributed by atoms with Crippen molar-refractivity contribution in [3.05, 3.63) is 290 Å². The van der Waals surface area contributed by atoms with Crippen molar-refractivity contribution in [2.45, 2.75) is 12.3 Å². The number of hydrogen-bond acceptors (Lipinski definition) is 1. The first kappa shape index (κ1) is 45.2. The largest absolute Gasteiger partial charge is 0.309 e. The van der Waals surface area contributed by atoms with E-state index in [9.17, 15) is 0 Å². The number of aromatic nitrogens is 1. The third-order valence-electron chi connectivity index (χ3n) is 17.5. The topological polar surface area (TPSA) is 4.93 Å². The molecule has 2 heteroatoms. The van der Waals surface area contributed by atoms with Gasteiger partial charge in [-0.2, -0.15) is 0 Å². The summed E-state index contributed by atoms with van der Waals surface area (Å²) in [4.78, 5) is 0. The molecule has 0 spiro atoms. The Morgan fingerprint density at radius 3 is 1.45 bits per heavy atom. The highest BCUT2D eigenvalue weighted by atomic mass is 32.1. The van der Waals surface area contributed by atoms with Crippen molar-refractivity contribution in [3.8, 4) is 39.1 Å². The van der Waals surface area contributed by atoms with Crippen LogP contribution < -0.4 is 0 Å². The highest BCUT2D eigenvalue weighted by Crippen LogP contribution is 2.45. The Morgan fingerprint density at radius 1 is 0.312 bits per heavy atom. The maximum atomic E-state index is 2.50. The quantitative estimate of drug-likeness (QED) is 0.146. The van der Waals surface area contributed by atoms with E-state index in [-0.39, 0.29) is 5.92 Å². The van der Waals surface area contributed by atoms with Crippen LogP contribution in [0.5, 0.6) is 0 Å². The van der Waals surface area contributed by atoms with Crippen molar-refractivity contribution in [2.75, 3.05) is 0 Å². The second-order valence-electron chi connectivity index (χ2n) is 21.8. The maximum absolute atomic E-state index is 2.50. The summed E-state index contributed by atoms with van der Waals surface area (Å²) in [5.74, 6) is 0.262. The van der Waals surface area contributed by atoms with Gasteiger partial charge in [0.05, 0.1) is 11.0 Å². The Balaban J connectivity index is 0.749. The molecule has 0 amide bonds. The summed E-state index contributed by atoms with van der Waals surface area (Å²) >= 11 is 1.92. The second-order valence-corrected chi connectivity index (χ2v) is 22.9. The minimum Gasteiger partial charge on any atom is -0.309 e. The summed E-state index contributed by atoms with van der Waals surface area (Å²) in [6.07, 6.45) is 7.98. The molecule has 0 saturated heterocycles. The highest BCUT2D eigenvalue weighted by molar-refractivity contribution is 7.26. The fourth-order valence-corrected chi connectivity index (χ4v) is 15.0. The van der Waals surface area contributed by atoms with Crippen LogP contribution in [-0.2, 0) is 0 Å². The fourth-order valence-electron chi connectivity index (χ4n) is 13.7. The van der Waals surface area contributed by atoms with Gasteiger partial charge in [0.15, 0.2) is 0 Å². The molecule has 372 valence electrons. The lowest BCUT2D eigenvalue weighted by Gasteiger charge is -2.21. The van der Waals surface area contributed by atoms with Gasteiger partial charge in [0.1, 0.15) is 0 Å². The molecule has 16 aromatic rings. The van der Waals surface area contributed by atoms with Crippen molar-refractivity contribution in [2.24, 2.45) is 0 Å². The summed E-state index contributed by atoms with van der Waals surface area (Å²) in [7, 11) is 0. The smallest absolute Gasteiger partial charge is 0.0547 e. The van der Waals surface area contributed by atoms with Crippen LogP contribution in [0.1, 0.15) is 23.5 Å². The van der Waals surface area contributed by atoms with Gasteiger partial charge in [-0.05, 0) is 176 Å². The SMILES string of the molecule is C1=CC(c2ccc3c4ccccc4c4ccc(-c5cccc(-c6ccc7c8ccccc8n(-c8cccc(-c9ccc%10c%11ccccc%11c%11ccccc%11c%10c9)c8)c7c6)c5)cc4c3c2)CC(c2cccc3c2sc2ccccc23)=C1. The maximum Gasteiger partial charge on any atom is 0.0547 e. The first-order chi connectivity index (χ1) is 39.6. The molecule has 2 aromatic heterocycles. The van der Waals surface area contributed by atoms with Crippen molar-refractivity contribution < 1.29 is 0 Å². The molecule has 1 aliphatic carbocycles. The minimum absolute atomic E-state index is 0.262. The van der Waals surface area contributed by atoms with Crippen molar-refractivity contribution in [1.82, 2.24) is 4.57 Å². The molecule has 0 saturated carbocycles. The van der Waals surface area contributed by atoms with Gasteiger partial charge in [-0.25, -0.2) is 0 Å². The summed E-state index contributed by atoms with van der Waals surface area (Å²) < 4.78 is 5.19. The molecule has 1 atom stereocenters. The number of allylic oxidation sites excluding steroid dienone is 4. The highest BCUT2D eigenvalue weighted by Gasteiger charge is 2.21. The monoisotopic (exact) mass is 1030 g/mol. The van der Waals surface area contributed by atoms with Crippen LogP contribution in [0.4, 0.5) is 0 Å². The molecule has 1 aliphatic rings. The van der Waals surface area contributed by atoms with Crippen LogP contribution in [0.2, 0.25) is 0 Å². The van der Waals surface area contributed by atoms with E-state index in [0.29, 0.717) is 0 Å². The van der Waals surface area contributed by atoms with Crippen LogP contribution in [0.3, 0.4) is 0 Å². The molecule has 14 aromatic carbocycles. The molecule has 0 N–H and O–H groups in total. The molecular weight excluding hydrogens is 983 g/mol. The van der Waals surface area contributed by atoms with Gasteiger partial charge < -0.3 is 4.57 Å². The zero-order chi connectivity index (χ0) is 52.4. The van der Waals surface area contributed by atoms with Gasteiger partial charge in [0.2, 0.25) is 0 Å². The Morgan fingerprint density at radius 2 is 0.775 bits per heavy atom. The van der Waals surface area contributed by atoms with E-state index in [1.807, 2.05) is 11.3 Å². The first-order valence-corrected chi connectivity index (χ1v) is 28.7. The standard InChI is InChI=1S/C78H49NS/c1-2-23-61-59(21-1)60-22-5-6-26-64(60)72-44-54(35-37-65(61)72)51-18-13-20-57(43-51)79-75-31-9-7-27-68(75)69-40-36-55(47-76(69)79)49-16-11-15-48(41-49)52-33-38-66-62-24-3-4-25-63(62)67-39-34-53(46-74(67)73(66)45-52)50-17-12-19-56(42-50)58-29-14-30-71-70-28-8-10-32-77(70)80-78(58)71/h1-41,43-47,50H,42H2. The normalized spacial score (nSPS) is 13.8. The van der Waals surface area contributed by atoms with Crippen LogP contribution in [-0.4, -0.2) is 4.57 Å². The van der Waals surface area contributed by atoms with Crippen molar-refractivity contribution >= 4 is 124 Å². The minimum atomic E-state index is 0.262. The van der Waals surface area contributed by atoms with Gasteiger partial charge in [-0.3, -0.25) is 0 Å². The summed E-state index contributed by atoms with van der Waals surface area (Å²) in [6.45, 7) is 0. The molecule has 2 heterocycles. The number of fused-ring (bicyclic) bond motifs is 18. The van der Waals surface area contributed by atoms with Gasteiger partial charge in [0.25, 0.3) is 0 Å². The first-order valence-electron chi connectivity index (χ1n) is 27.9. The molecule has 1 unspecified atom stereocenters. The number of para-hydroxylation sites is 1. The number of rotatable bonds is 6. The Kier molecular flexibility index (Phi) is 10.1. The zero-order valence-electron chi connectivity index (χ0n) is 43.7. The van der Waals surface area contributed by atoms with E-state index in [0.717, 1.165) is 12.1 Å².